The van der Waals surface area contributed by atoms with Gasteiger partial charge >= 0.3 is 5.97 Å². The Kier molecular flexibility index (Phi) is 9.47. The smallest absolute Gasteiger partial charge is 0.303 e. The van der Waals surface area contributed by atoms with E-state index < -0.39 is 5.97 Å². The summed E-state index contributed by atoms with van der Waals surface area (Å²) in [4.78, 5) is 18.3. The lowest BCUT2D eigenvalue weighted by molar-refractivity contribution is -0.139. The number of thioether (sulfide) groups is 1. The number of nitrogens with zero attached hydrogens (tertiary/aromatic N) is 2. The van der Waals surface area contributed by atoms with E-state index in [1.54, 1.807) is 18.7 Å². The number of ether oxygens (including phenoxy) is 1. The topological polar surface area (TPSA) is 88.7 Å². The number of thiophene rings is 1. The number of fused-ring (bicyclic) bond motifs is 1. The van der Waals surface area contributed by atoms with Gasteiger partial charge in [0.1, 0.15) is 11.6 Å². The molecule has 36 heavy (non-hydrogen) atoms. The Balaban J connectivity index is 1.38. The molecule has 1 fully saturated rings. The lowest BCUT2D eigenvalue weighted by atomic mass is 9.79. The number of hydrogen-bond donors (Lipinski definition) is 2. The van der Waals surface area contributed by atoms with Crippen molar-refractivity contribution in [2.24, 2.45) is 17.6 Å². The van der Waals surface area contributed by atoms with Crippen LogP contribution in [0.2, 0.25) is 5.02 Å². The highest BCUT2D eigenvalue weighted by molar-refractivity contribution is 8.01. The Labute approximate surface area is 224 Å². The molecular formula is C26H31ClFN3O3S2. The molecule has 0 saturated carbocycles. The van der Waals surface area contributed by atoms with Crippen LogP contribution in [0.5, 0.6) is 5.75 Å². The average molecular weight is 552 g/mol. The van der Waals surface area contributed by atoms with E-state index >= 15 is 0 Å². The van der Waals surface area contributed by atoms with Crippen molar-refractivity contribution >= 4 is 51.6 Å². The zero-order chi connectivity index (χ0) is 25.7. The van der Waals surface area contributed by atoms with Crippen molar-refractivity contribution in [1.29, 1.82) is 0 Å². The van der Waals surface area contributed by atoms with Crippen LogP contribution in [-0.4, -0.2) is 53.5 Å². The summed E-state index contributed by atoms with van der Waals surface area (Å²) in [6.07, 6.45) is 4.22. The van der Waals surface area contributed by atoms with Gasteiger partial charge in [0.05, 0.1) is 21.9 Å². The number of pyridine rings is 1. The maximum Gasteiger partial charge on any atom is 0.303 e. The first-order valence-corrected chi connectivity index (χ1v) is 14.3. The first kappa shape index (κ1) is 27.1. The van der Waals surface area contributed by atoms with Gasteiger partial charge in [-0.2, -0.15) is 0 Å². The Hall–Kier alpha value is -1.91. The molecular weight excluding hydrogens is 521 g/mol. The third-order valence-electron chi connectivity index (χ3n) is 6.92. The molecule has 1 saturated heterocycles. The highest BCUT2D eigenvalue weighted by Crippen LogP contribution is 2.37. The van der Waals surface area contributed by atoms with Gasteiger partial charge in [0.15, 0.2) is 0 Å². The predicted molar refractivity (Wildman–Crippen MR) is 145 cm³/mol. The quantitative estimate of drug-likeness (QED) is 0.279. The van der Waals surface area contributed by atoms with Crippen LogP contribution in [0.1, 0.15) is 37.3 Å². The number of benzene rings is 1. The highest BCUT2D eigenvalue weighted by Gasteiger charge is 2.31. The monoisotopic (exact) mass is 551 g/mol. The zero-order valence-electron chi connectivity index (χ0n) is 20.2. The number of methoxy groups -OCH3 is 1. The number of piperidine rings is 1. The zero-order valence-corrected chi connectivity index (χ0v) is 22.5. The molecule has 0 spiro atoms. The third-order valence-corrected chi connectivity index (χ3v) is 9.39. The first-order chi connectivity index (χ1) is 17.4. The van der Waals surface area contributed by atoms with E-state index in [0.717, 1.165) is 54.7 Å². The van der Waals surface area contributed by atoms with E-state index in [-0.39, 0.29) is 30.1 Å². The number of carbonyl (C=O) groups is 1. The van der Waals surface area contributed by atoms with Gasteiger partial charge in [0.25, 0.3) is 0 Å². The van der Waals surface area contributed by atoms with Gasteiger partial charge in [0.2, 0.25) is 0 Å². The van der Waals surface area contributed by atoms with E-state index in [1.165, 1.54) is 29.2 Å². The van der Waals surface area contributed by atoms with E-state index in [1.807, 2.05) is 18.2 Å². The summed E-state index contributed by atoms with van der Waals surface area (Å²) in [5, 5.41) is 12.7. The molecule has 1 aromatic carbocycles. The van der Waals surface area contributed by atoms with Gasteiger partial charge in [-0.25, -0.2) is 4.39 Å². The SMILES string of the molecule is COc1ccc2ncc(Cl)c(C(N)CCC3CCN(CCSc4sccc4F)CC3CC(=O)O)c2c1. The molecule has 3 N–H and O–H groups in total. The molecule has 1 aliphatic rings. The van der Waals surface area contributed by atoms with Crippen molar-refractivity contribution in [2.75, 3.05) is 32.5 Å². The lowest BCUT2D eigenvalue weighted by Gasteiger charge is -2.38. The summed E-state index contributed by atoms with van der Waals surface area (Å²) in [5.74, 6) is 0.882. The Morgan fingerprint density at radius 2 is 2.25 bits per heavy atom. The lowest BCUT2D eigenvalue weighted by Crippen LogP contribution is -2.42. The number of halogens is 2. The van der Waals surface area contributed by atoms with Gasteiger partial charge in [-0.05, 0) is 72.9 Å². The second-order valence-corrected chi connectivity index (χ2v) is 11.9. The normalized spacial score (nSPS) is 19.4. The van der Waals surface area contributed by atoms with Crippen molar-refractivity contribution in [2.45, 2.75) is 35.9 Å². The van der Waals surface area contributed by atoms with Gasteiger partial charge in [0, 0.05) is 42.9 Å². The largest absolute Gasteiger partial charge is 0.497 e. The van der Waals surface area contributed by atoms with Crippen LogP contribution in [0.25, 0.3) is 10.9 Å². The minimum Gasteiger partial charge on any atom is -0.497 e. The fourth-order valence-corrected chi connectivity index (χ4v) is 7.27. The molecule has 2 aromatic heterocycles. The van der Waals surface area contributed by atoms with Crippen LogP contribution in [-0.2, 0) is 4.79 Å². The van der Waals surface area contributed by atoms with E-state index in [4.69, 9.17) is 22.1 Å². The van der Waals surface area contributed by atoms with Crippen LogP contribution < -0.4 is 10.5 Å². The summed E-state index contributed by atoms with van der Waals surface area (Å²) in [5.41, 5.74) is 8.32. The molecule has 10 heteroatoms. The van der Waals surface area contributed by atoms with Gasteiger partial charge < -0.3 is 20.5 Å². The number of hydrogen-bond acceptors (Lipinski definition) is 7. The summed E-state index contributed by atoms with van der Waals surface area (Å²) >= 11 is 9.47. The van der Waals surface area contributed by atoms with E-state index in [0.29, 0.717) is 21.4 Å². The molecule has 194 valence electrons. The fraction of sp³-hybridized carbons (Fsp3) is 0.462. The molecule has 0 amide bonds. The van der Waals surface area contributed by atoms with Gasteiger partial charge in [-0.15, -0.1) is 23.1 Å². The van der Waals surface area contributed by atoms with Crippen molar-refractivity contribution in [3.8, 4) is 5.75 Å². The number of rotatable bonds is 11. The average Bonchev–Trinajstić information content (AvgIpc) is 3.27. The molecule has 3 aromatic rings. The molecule has 3 atom stereocenters. The number of nitrogens with two attached hydrogens (primary N) is 1. The molecule has 3 unspecified atom stereocenters. The first-order valence-electron chi connectivity index (χ1n) is 12.0. The van der Waals surface area contributed by atoms with Crippen LogP contribution in [0, 0.1) is 17.7 Å². The molecule has 0 bridgehead atoms. The molecule has 0 aliphatic carbocycles. The number of carboxylic acids is 1. The third kappa shape index (κ3) is 6.69. The van der Waals surface area contributed by atoms with Gasteiger partial charge in [-0.3, -0.25) is 9.78 Å². The predicted octanol–water partition coefficient (Wildman–Crippen LogP) is 6.08. The fourth-order valence-electron chi connectivity index (χ4n) is 5.05. The molecule has 3 heterocycles. The van der Waals surface area contributed by atoms with Crippen LogP contribution >= 0.6 is 34.7 Å². The maximum atomic E-state index is 13.7. The van der Waals surface area contributed by atoms with E-state index in [2.05, 4.69) is 9.88 Å². The Bertz CT molecular complexity index is 1190. The standard InChI is InChI=1S/C26H31ClFN3O3S2/c1-34-18-3-5-23-19(13-18)25(20(27)14-30-23)22(29)4-2-16-6-8-31(15-17(16)12-24(32)33)9-11-36-26-21(28)7-10-35-26/h3,5,7,10,13-14,16-17,22H,2,4,6,8-9,11-12,15,29H2,1H3,(H,32,33). The maximum absolute atomic E-state index is 13.7. The number of aromatic nitrogens is 1. The second kappa shape index (κ2) is 12.6. The molecule has 1 aliphatic heterocycles. The second-order valence-electron chi connectivity index (χ2n) is 9.20. The molecule has 6 nitrogen and oxygen atoms in total. The van der Waals surface area contributed by atoms with Crippen LogP contribution in [0.15, 0.2) is 40.1 Å². The minimum absolute atomic E-state index is 0.0525. The Morgan fingerprint density at radius 1 is 1.42 bits per heavy atom. The van der Waals surface area contributed by atoms with Crippen molar-refractivity contribution in [3.05, 3.63) is 52.2 Å². The van der Waals surface area contributed by atoms with Gasteiger partial charge in [-0.1, -0.05) is 11.6 Å². The number of likely N-dealkylation sites (tertiary alicyclic amines) is 1. The summed E-state index contributed by atoms with van der Waals surface area (Å²) in [7, 11) is 1.62. The highest BCUT2D eigenvalue weighted by atomic mass is 35.5. The Morgan fingerprint density at radius 3 is 2.97 bits per heavy atom. The van der Waals surface area contributed by atoms with Crippen molar-refractivity contribution in [1.82, 2.24) is 9.88 Å². The number of aliphatic carboxylic acids is 1. The van der Waals surface area contributed by atoms with Crippen molar-refractivity contribution < 1.29 is 19.0 Å². The minimum atomic E-state index is -0.776. The van der Waals surface area contributed by atoms with Crippen molar-refractivity contribution in [3.63, 3.8) is 0 Å². The number of carboxylic acid groups (broad SMARTS) is 1. The summed E-state index contributed by atoms with van der Waals surface area (Å²) < 4.78 is 19.8. The van der Waals surface area contributed by atoms with Crippen LogP contribution in [0.4, 0.5) is 4.39 Å². The van der Waals surface area contributed by atoms with E-state index in [9.17, 15) is 14.3 Å². The van der Waals surface area contributed by atoms with Crippen LogP contribution in [0.3, 0.4) is 0 Å². The summed E-state index contributed by atoms with van der Waals surface area (Å²) in [6, 6.07) is 6.86. The molecule has 4 rings (SSSR count). The summed E-state index contributed by atoms with van der Waals surface area (Å²) in [6.45, 7) is 2.44. The molecule has 0 radical (unpaired) electrons.